The highest BCUT2D eigenvalue weighted by Gasteiger charge is 2.30. The summed E-state index contributed by atoms with van der Waals surface area (Å²) < 4.78 is 5.82. The lowest BCUT2D eigenvalue weighted by Crippen LogP contribution is -2.38. The summed E-state index contributed by atoms with van der Waals surface area (Å²) in [7, 11) is 0. The van der Waals surface area contributed by atoms with Crippen molar-refractivity contribution < 1.29 is 9.53 Å². The lowest BCUT2D eigenvalue weighted by Gasteiger charge is -2.32. The summed E-state index contributed by atoms with van der Waals surface area (Å²) in [4.78, 5) is 11.8. The molecule has 14 heavy (non-hydrogen) atoms. The number of ether oxygens (including phenoxy) is 1. The SMILES string of the molecule is CC(C)C(=O)[C@@H](OC1CCC1)C(C)C. The Hall–Kier alpha value is -0.370. The van der Waals surface area contributed by atoms with Crippen LogP contribution < -0.4 is 0 Å². The third-order valence-electron chi connectivity index (χ3n) is 2.85. The van der Waals surface area contributed by atoms with Crippen molar-refractivity contribution in [3.63, 3.8) is 0 Å². The van der Waals surface area contributed by atoms with Crippen LogP contribution in [0.2, 0.25) is 0 Å². The molecule has 1 aliphatic rings. The molecule has 1 atom stereocenters. The van der Waals surface area contributed by atoms with Gasteiger partial charge in [0.25, 0.3) is 0 Å². The highest BCUT2D eigenvalue weighted by molar-refractivity contribution is 5.85. The van der Waals surface area contributed by atoms with Gasteiger partial charge in [0.15, 0.2) is 5.78 Å². The molecule has 0 aromatic heterocycles. The van der Waals surface area contributed by atoms with E-state index in [-0.39, 0.29) is 17.8 Å². The van der Waals surface area contributed by atoms with Crippen molar-refractivity contribution in [2.75, 3.05) is 0 Å². The maximum Gasteiger partial charge on any atom is 0.164 e. The van der Waals surface area contributed by atoms with Crippen LogP contribution in [0.15, 0.2) is 0 Å². The molecule has 82 valence electrons. The molecule has 0 aromatic carbocycles. The number of rotatable bonds is 5. The average Bonchev–Trinajstić information content (AvgIpc) is 2.00. The maximum atomic E-state index is 11.8. The minimum absolute atomic E-state index is 0.0856. The van der Waals surface area contributed by atoms with E-state index in [0.717, 1.165) is 12.8 Å². The predicted octanol–water partition coefficient (Wildman–Crippen LogP) is 2.81. The van der Waals surface area contributed by atoms with Gasteiger partial charge in [-0.2, -0.15) is 0 Å². The predicted molar refractivity (Wildman–Crippen MR) is 57.2 cm³/mol. The van der Waals surface area contributed by atoms with Gasteiger partial charge in [-0.3, -0.25) is 4.79 Å². The number of carbonyl (C=O) groups excluding carboxylic acids is 1. The Bertz CT molecular complexity index is 192. The highest BCUT2D eigenvalue weighted by atomic mass is 16.5. The summed E-state index contributed by atoms with van der Waals surface area (Å²) in [5.41, 5.74) is 0. The van der Waals surface area contributed by atoms with Crippen LogP contribution >= 0.6 is 0 Å². The monoisotopic (exact) mass is 198 g/mol. The number of Topliss-reactive ketones (excluding diaryl/α,β-unsaturated/α-hetero) is 1. The third-order valence-corrected chi connectivity index (χ3v) is 2.85. The zero-order valence-electron chi connectivity index (χ0n) is 9.75. The number of hydrogen-bond acceptors (Lipinski definition) is 2. The summed E-state index contributed by atoms with van der Waals surface area (Å²) in [5, 5.41) is 0. The quantitative estimate of drug-likeness (QED) is 0.679. The molecular formula is C12H22O2. The molecule has 1 saturated carbocycles. The van der Waals surface area contributed by atoms with Crippen molar-refractivity contribution in [2.45, 2.75) is 59.2 Å². The number of hydrogen-bond donors (Lipinski definition) is 0. The Morgan fingerprint density at radius 3 is 2.07 bits per heavy atom. The molecule has 0 aromatic rings. The van der Waals surface area contributed by atoms with Crippen LogP contribution in [0.4, 0.5) is 0 Å². The molecule has 1 rings (SSSR count). The van der Waals surface area contributed by atoms with Gasteiger partial charge in [-0.05, 0) is 25.2 Å². The van der Waals surface area contributed by atoms with Crippen LogP contribution in [-0.2, 0) is 9.53 Å². The van der Waals surface area contributed by atoms with Crippen LogP contribution in [0.1, 0.15) is 47.0 Å². The molecule has 1 fully saturated rings. The molecule has 0 spiro atoms. The van der Waals surface area contributed by atoms with Crippen molar-refractivity contribution in [3.05, 3.63) is 0 Å². The fraction of sp³-hybridized carbons (Fsp3) is 0.917. The largest absolute Gasteiger partial charge is 0.367 e. The van der Waals surface area contributed by atoms with Gasteiger partial charge in [-0.15, -0.1) is 0 Å². The minimum Gasteiger partial charge on any atom is -0.367 e. The second-order valence-electron chi connectivity index (χ2n) is 4.91. The second kappa shape index (κ2) is 4.92. The first-order chi connectivity index (χ1) is 6.52. The van der Waals surface area contributed by atoms with E-state index in [1.165, 1.54) is 6.42 Å². The normalized spacial score (nSPS) is 19.9. The van der Waals surface area contributed by atoms with Crippen LogP contribution in [0.5, 0.6) is 0 Å². The van der Waals surface area contributed by atoms with E-state index in [4.69, 9.17) is 4.74 Å². The first-order valence-electron chi connectivity index (χ1n) is 5.71. The Balaban J connectivity index is 2.49. The molecule has 0 heterocycles. The van der Waals surface area contributed by atoms with Gasteiger partial charge in [0.1, 0.15) is 6.10 Å². The molecule has 0 amide bonds. The summed E-state index contributed by atoms with van der Waals surface area (Å²) in [6, 6.07) is 0. The van der Waals surface area contributed by atoms with Gasteiger partial charge in [-0.1, -0.05) is 27.7 Å². The fourth-order valence-corrected chi connectivity index (χ4v) is 1.60. The van der Waals surface area contributed by atoms with Crippen LogP contribution in [0, 0.1) is 11.8 Å². The number of carbonyl (C=O) groups is 1. The Labute approximate surface area is 87.0 Å². The van der Waals surface area contributed by atoms with Gasteiger partial charge < -0.3 is 4.74 Å². The highest BCUT2D eigenvalue weighted by Crippen LogP contribution is 2.26. The molecule has 0 radical (unpaired) electrons. The van der Waals surface area contributed by atoms with Crippen molar-refractivity contribution in [3.8, 4) is 0 Å². The molecule has 0 aliphatic heterocycles. The topological polar surface area (TPSA) is 26.3 Å². The standard InChI is InChI=1S/C12H22O2/c1-8(2)11(13)12(9(3)4)14-10-6-5-7-10/h8-10,12H,5-7H2,1-4H3/t12-/m0/s1. The minimum atomic E-state index is -0.180. The molecule has 0 N–H and O–H groups in total. The summed E-state index contributed by atoms with van der Waals surface area (Å²) >= 11 is 0. The van der Waals surface area contributed by atoms with E-state index in [1.807, 2.05) is 13.8 Å². The Morgan fingerprint density at radius 1 is 1.21 bits per heavy atom. The molecule has 0 unspecified atom stereocenters. The van der Waals surface area contributed by atoms with Crippen LogP contribution in [-0.4, -0.2) is 18.0 Å². The zero-order valence-corrected chi connectivity index (χ0v) is 9.75. The van der Waals surface area contributed by atoms with E-state index in [1.54, 1.807) is 0 Å². The van der Waals surface area contributed by atoms with Gasteiger partial charge in [0, 0.05) is 5.92 Å². The van der Waals surface area contributed by atoms with Gasteiger partial charge in [0.2, 0.25) is 0 Å². The first-order valence-corrected chi connectivity index (χ1v) is 5.71. The third kappa shape index (κ3) is 2.81. The van der Waals surface area contributed by atoms with Crippen LogP contribution in [0.3, 0.4) is 0 Å². The van der Waals surface area contributed by atoms with E-state index >= 15 is 0 Å². The Kier molecular flexibility index (Phi) is 4.11. The van der Waals surface area contributed by atoms with Gasteiger partial charge >= 0.3 is 0 Å². The summed E-state index contributed by atoms with van der Waals surface area (Å²) in [6.07, 6.45) is 3.69. The van der Waals surface area contributed by atoms with Crippen molar-refractivity contribution in [1.29, 1.82) is 0 Å². The molecule has 2 nitrogen and oxygen atoms in total. The van der Waals surface area contributed by atoms with Gasteiger partial charge in [0.05, 0.1) is 6.10 Å². The summed E-state index contributed by atoms with van der Waals surface area (Å²) in [6.45, 7) is 8.01. The smallest absolute Gasteiger partial charge is 0.164 e. The van der Waals surface area contributed by atoms with Crippen molar-refractivity contribution in [2.24, 2.45) is 11.8 Å². The van der Waals surface area contributed by atoms with Crippen LogP contribution in [0.25, 0.3) is 0 Å². The Morgan fingerprint density at radius 2 is 1.79 bits per heavy atom. The maximum absolute atomic E-state index is 11.8. The van der Waals surface area contributed by atoms with E-state index in [2.05, 4.69) is 13.8 Å². The van der Waals surface area contributed by atoms with E-state index < -0.39 is 0 Å². The van der Waals surface area contributed by atoms with E-state index in [0.29, 0.717) is 12.0 Å². The lowest BCUT2D eigenvalue weighted by molar-refractivity contribution is -0.145. The second-order valence-corrected chi connectivity index (χ2v) is 4.91. The summed E-state index contributed by atoms with van der Waals surface area (Å²) in [5.74, 6) is 0.639. The molecular weight excluding hydrogens is 176 g/mol. The molecule has 0 saturated heterocycles. The molecule has 1 aliphatic carbocycles. The van der Waals surface area contributed by atoms with Gasteiger partial charge in [-0.25, -0.2) is 0 Å². The number of ketones is 1. The molecule has 0 bridgehead atoms. The van der Waals surface area contributed by atoms with E-state index in [9.17, 15) is 4.79 Å². The zero-order chi connectivity index (χ0) is 10.7. The average molecular weight is 198 g/mol. The lowest BCUT2D eigenvalue weighted by atomic mass is 9.92. The van der Waals surface area contributed by atoms with Crippen molar-refractivity contribution in [1.82, 2.24) is 0 Å². The fourth-order valence-electron chi connectivity index (χ4n) is 1.60. The molecule has 2 heteroatoms. The van der Waals surface area contributed by atoms with Crippen molar-refractivity contribution >= 4 is 5.78 Å². The first kappa shape index (κ1) is 11.7.